The number of nitrogens with zero attached hydrogens (tertiary/aromatic N) is 4. The third-order valence-electron chi connectivity index (χ3n) is 8.46. The molecular weight excluding hydrogens is 548 g/mol. The Balaban J connectivity index is 1.31. The molecule has 0 saturated carbocycles. The first-order chi connectivity index (χ1) is 21.5. The van der Waals surface area contributed by atoms with Gasteiger partial charge in [-0.2, -0.15) is 0 Å². The Morgan fingerprint density at radius 2 is 1.36 bits per heavy atom. The van der Waals surface area contributed by atoms with Crippen molar-refractivity contribution in [2.75, 3.05) is 31.1 Å². The van der Waals surface area contributed by atoms with Crippen LogP contribution in [-0.4, -0.2) is 58.0 Å². The maximum atomic E-state index is 14.0. The smallest absolute Gasteiger partial charge is 0.305 e. The zero-order valence-corrected chi connectivity index (χ0v) is 25.4. The number of anilines is 1. The van der Waals surface area contributed by atoms with E-state index in [0.29, 0.717) is 30.4 Å². The molecule has 3 aromatic carbocycles. The summed E-state index contributed by atoms with van der Waals surface area (Å²) in [6.45, 7) is 2.38. The molecule has 1 aliphatic heterocycles. The number of hydrogen-bond donors (Lipinski definition) is 1. The molecule has 1 amide bonds. The van der Waals surface area contributed by atoms with Crippen LogP contribution in [0.15, 0.2) is 97.2 Å². The van der Waals surface area contributed by atoms with Crippen LogP contribution in [0.2, 0.25) is 0 Å². The third-order valence-corrected chi connectivity index (χ3v) is 8.46. The van der Waals surface area contributed by atoms with E-state index in [1.807, 2.05) is 36.4 Å². The second-order valence-electron chi connectivity index (χ2n) is 11.7. The van der Waals surface area contributed by atoms with E-state index in [1.165, 1.54) is 16.7 Å². The summed E-state index contributed by atoms with van der Waals surface area (Å²) in [6, 6.07) is 31.0. The van der Waals surface area contributed by atoms with Gasteiger partial charge in [-0.05, 0) is 67.6 Å². The number of hydrogen-bond acceptors (Lipinski definition) is 5. The molecule has 2 heterocycles. The fraction of sp³-hybridized carbons (Fsp3) is 0.351. The van der Waals surface area contributed by atoms with E-state index < -0.39 is 5.97 Å². The second-order valence-corrected chi connectivity index (χ2v) is 11.7. The summed E-state index contributed by atoms with van der Waals surface area (Å²) in [6.07, 6.45) is 7.70. The van der Waals surface area contributed by atoms with Crippen LogP contribution < -0.4 is 4.90 Å². The Morgan fingerprint density at radius 3 is 1.98 bits per heavy atom. The average molecular weight is 591 g/mol. The zero-order valence-electron chi connectivity index (χ0n) is 25.4. The van der Waals surface area contributed by atoms with E-state index >= 15 is 0 Å². The molecule has 228 valence electrons. The molecule has 1 saturated heterocycles. The number of aromatic nitrogens is 2. The number of carbonyl (C=O) groups is 2. The Kier molecular flexibility index (Phi) is 11.1. The monoisotopic (exact) mass is 590 g/mol. The van der Waals surface area contributed by atoms with Crippen LogP contribution in [0.5, 0.6) is 0 Å². The lowest BCUT2D eigenvalue weighted by molar-refractivity contribution is -0.137. The van der Waals surface area contributed by atoms with Gasteiger partial charge in [-0.1, -0.05) is 91.0 Å². The van der Waals surface area contributed by atoms with Crippen molar-refractivity contribution in [2.24, 2.45) is 5.92 Å². The van der Waals surface area contributed by atoms with Crippen molar-refractivity contribution in [3.63, 3.8) is 0 Å². The summed E-state index contributed by atoms with van der Waals surface area (Å²) in [7, 11) is 0. The Labute approximate surface area is 260 Å². The molecule has 0 unspecified atom stereocenters. The number of carbonyl (C=O) groups excluding carboxylic acids is 1. The molecule has 0 spiro atoms. The maximum Gasteiger partial charge on any atom is 0.305 e. The van der Waals surface area contributed by atoms with Crippen molar-refractivity contribution < 1.29 is 14.7 Å². The van der Waals surface area contributed by atoms with Crippen LogP contribution in [0, 0.1) is 5.92 Å². The zero-order chi connectivity index (χ0) is 30.6. The van der Waals surface area contributed by atoms with E-state index in [9.17, 15) is 14.7 Å². The van der Waals surface area contributed by atoms with Crippen LogP contribution in [0.4, 0.5) is 5.95 Å². The van der Waals surface area contributed by atoms with Crippen molar-refractivity contribution in [3.8, 4) is 0 Å². The predicted molar refractivity (Wildman–Crippen MR) is 174 cm³/mol. The summed E-state index contributed by atoms with van der Waals surface area (Å²) in [5.41, 5.74) is 4.94. The van der Waals surface area contributed by atoms with Crippen LogP contribution in [0.25, 0.3) is 0 Å². The average Bonchev–Trinajstić information content (AvgIpc) is 3.06. The quantitative estimate of drug-likeness (QED) is 0.186. The molecule has 4 aromatic rings. The number of carboxylic acid groups (broad SMARTS) is 1. The summed E-state index contributed by atoms with van der Waals surface area (Å²) in [5, 5.41) is 9.40. The molecule has 0 radical (unpaired) electrons. The third kappa shape index (κ3) is 8.99. The summed E-state index contributed by atoms with van der Waals surface area (Å²) in [5.74, 6) is 0.183. The van der Waals surface area contributed by atoms with Gasteiger partial charge < -0.3 is 14.9 Å². The van der Waals surface area contributed by atoms with E-state index in [0.717, 1.165) is 57.3 Å². The van der Waals surface area contributed by atoms with Crippen molar-refractivity contribution in [2.45, 2.75) is 51.4 Å². The van der Waals surface area contributed by atoms with Gasteiger partial charge in [0.1, 0.15) is 0 Å². The van der Waals surface area contributed by atoms with E-state index in [4.69, 9.17) is 9.97 Å². The number of carboxylic acids is 1. The minimum Gasteiger partial charge on any atom is -0.481 e. The highest BCUT2D eigenvalue weighted by molar-refractivity contribution is 5.95. The van der Waals surface area contributed by atoms with Gasteiger partial charge >= 0.3 is 5.97 Å². The minimum atomic E-state index is -0.919. The van der Waals surface area contributed by atoms with E-state index in [1.54, 1.807) is 11.1 Å². The van der Waals surface area contributed by atoms with Crippen LogP contribution in [0.1, 0.15) is 58.4 Å². The highest BCUT2D eigenvalue weighted by Crippen LogP contribution is 2.25. The molecule has 1 aromatic heterocycles. The number of piperidine rings is 1. The van der Waals surface area contributed by atoms with Gasteiger partial charge in [-0.15, -0.1) is 0 Å². The minimum absolute atomic E-state index is 0.104. The highest BCUT2D eigenvalue weighted by atomic mass is 16.4. The standard InChI is InChI=1S/C37H42N4O3/c42-35(43)22-26-40(23-10-17-29-11-4-1-5-12-29)36(44)33-28-38-37(39-34(33)19-18-30-13-6-2-7-14-30)41-24-20-32(21-25-41)27-31-15-8-3-9-16-31/h1-9,11-16,28,32H,10,17-27H2,(H,42,43). The highest BCUT2D eigenvalue weighted by Gasteiger charge is 2.25. The van der Waals surface area contributed by atoms with Crippen molar-refractivity contribution in [1.29, 1.82) is 0 Å². The largest absolute Gasteiger partial charge is 0.481 e. The summed E-state index contributed by atoms with van der Waals surface area (Å²) >= 11 is 0. The number of aliphatic carboxylic acids is 1. The predicted octanol–water partition coefficient (Wildman–Crippen LogP) is 6.27. The number of benzene rings is 3. The number of amides is 1. The van der Waals surface area contributed by atoms with E-state index in [2.05, 4.69) is 59.5 Å². The van der Waals surface area contributed by atoms with Crippen molar-refractivity contribution in [1.82, 2.24) is 14.9 Å². The van der Waals surface area contributed by atoms with E-state index in [-0.39, 0.29) is 18.9 Å². The lowest BCUT2D eigenvalue weighted by atomic mass is 9.90. The van der Waals surface area contributed by atoms with Gasteiger partial charge in [-0.3, -0.25) is 9.59 Å². The first kappa shape index (κ1) is 30.9. The van der Waals surface area contributed by atoms with Gasteiger partial charge in [0.2, 0.25) is 5.95 Å². The first-order valence-electron chi connectivity index (χ1n) is 15.8. The van der Waals surface area contributed by atoms with Crippen LogP contribution in [0.3, 0.4) is 0 Å². The van der Waals surface area contributed by atoms with Crippen LogP contribution >= 0.6 is 0 Å². The molecule has 0 bridgehead atoms. The molecule has 1 fully saturated rings. The lowest BCUT2D eigenvalue weighted by Gasteiger charge is -2.32. The fourth-order valence-corrected chi connectivity index (χ4v) is 5.95. The first-order valence-corrected chi connectivity index (χ1v) is 15.8. The molecule has 5 rings (SSSR count). The fourth-order valence-electron chi connectivity index (χ4n) is 5.95. The second kappa shape index (κ2) is 15.8. The summed E-state index contributed by atoms with van der Waals surface area (Å²) < 4.78 is 0. The topological polar surface area (TPSA) is 86.6 Å². The van der Waals surface area contributed by atoms with Gasteiger partial charge in [0.05, 0.1) is 17.7 Å². The molecule has 1 N–H and O–H groups in total. The number of aryl methyl sites for hydroxylation is 3. The summed E-state index contributed by atoms with van der Waals surface area (Å²) in [4.78, 5) is 39.0. The van der Waals surface area contributed by atoms with Crippen LogP contribution in [-0.2, 0) is 30.5 Å². The molecule has 7 nitrogen and oxygen atoms in total. The van der Waals surface area contributed by atoms with Gasteiger partial charge in [0.15, 0.2) is 0 Å². The Hall–Kier alpha value is -4.52. The number of rotatable bonds is 14. The molecule has 7 heteroatoms. The van der Waals surface area contributed by atoms with Gasteiger partial charge in [0.25, 0.3) is 5.91 Å². The lowest BCUT2D eigenvalue weighted by Crippen LogP contribution is -2.37. The van der Waals surface area contributed by atoms with Gasteiger partial charge in [0, 0.05) is 32.4 Å². The normalized spacial score (nSPS) is 13.5. The Bertz CT molecular complexity index is 1470. The molecular formula is C37H42N4O3. The molecule has 44 heavy (non-hydrogen) atoms. The molecule has 1 aliphatic rings. The molecule has 0 atom stereocenters. The van der Waals surface area contributed by atoms with Crippen molar-refractivity contribution in [3.05, 3.63) is 125 Å². The molecule has 0 aliphatic carbocycles. The van der Waals surface area contributed by atoms with Crippen molar-refractivity contribution >= 4 is 17.8 Å². The Morgan fingerprint density at radius 1 is 0.773 bits per heavy atom. The SMILES string of the molecule is O=C(O)CCN(CCCc1ccccc1)C(=O)c1cnc(N2CCC(Cc3ccccc3)CC2)nc1CCc1ccccc1. The maximum absolute atomic E-state index is 14.0. The van der Waals surface area contributed by atoms with Gasteiger partial charge in [-0.25, -0.2) is 9.97 Å².